The molecule has 1 aromatic heterocycles. The highest BCUT2D eigenvalue weighted by atomic mass is 35.5. The van der Waals surface area contributed by atoms with Crippen LogP contribution in [0, 0.1) is 6.92 Å². The first-order valence-corrected chi connectivity index (χ1v) is 5.73. The Morgan fingerprint density at radius 2 is 2.12 bits per heavy atom. The molecule has 0 unspecified atom stereocenters. The van der Waals surface area contributed by atoms with Crippen molar-refractivity contribution in [3.8, 4) is 11.4 Å². The van der Waals surface area contributed by atoms with E-state index in [1.807, 2.05) is 31.2 Å². The summed E-state index contributed by atoms with van der Waals surface area (Å²) in [5.74, 6) is 0.620. The summed E-state index contributed by atoms with van der Waals surface area (Å²) >= 11 is 5.92. The van der Waals surface area contributed by atoms with Crippen molar-refractivity contribution in [1.82, 2.24) is 9.97 Å². The fourth-order valence-electron chi connectivity index (χ4n) is 1.65. The van der Waals surface area contributed by atoms with E-state index in [9.17, 15) is 5.11 Å². The fourth-order valence-corrected chi connectivity index (χ4v) is 1.84. The first kappa shape index (κ1) is 12.0. The van der Waals surface area contributed by atoms with E-state index < -0.39 is 6.10 Å². The third-order valence-electron chi connectivity index (χ3n) is 2.55. The highest BCUT2D eigenvalue weighted by molar-refractivity contribution is 6.30. The van der Waals surface area contributed by atoms with Crippen molar-refractivity contribution in [2.24, 2.45) is 0 Å². The maximum absolute atomic E-state index is 9.51. The summed E-state index contributed by atoms with van der Waals surface area (Å²) in [7, 11) is 0. The molecule has 88 valence electrons. The van der Waals surface area contributed by atoms with Gasteiger partial charge in [0.15, 0.2) is 5.82 Å². The van der Waals surface area contributed by atoms with Crippen molar-refractivity contribution in [1.29, 1.82) is 0 Å². The van der Waals surface area contributed by atoms with Crippen LogP contribution in [0.3, 0.4) is 0 Å². The molecule has 0 fully saturated rings. The number of hydrogen-bond donors (Lipinski definition) is 1. The minimum absolute atomic E-state index is 0.552. The molecule has 0 aliphatic carbocycles. The highest BCUT2D eigenvalue weighted by Crippen LogP contribution is 2.21. The molecule has 0 saturated carbocycles. The average Bonchev–Trinajstić information content (AvgIpc) is 2.28. The Morgan fingerprint density at radius 3 is 2.71 bits per heavy atom. The maximum atomic E-state index is 9.51. The molecule has 1 atom stereocenters. The van der Waals surface area contributed by atoms with E-state index in [4.69, 9.17) is 11.6 Å². The summed E-state index contributed by atoms with van der Waals surface area (Å²) in [4.78, 5) is 8.62. The molecular weight excluding hydrogens is 236 g/mol. The fraction of sp³-hybridized carbons (Fsp3) is 0.231. The molecule has 0 aliphatic heterocycles. The van der Waals surface area contributed by atoms with Crippen LogP contribution in [0.4, 0.5) is 0 Å². The lowest BCUT2D eigenvalue weighted by atomic mass is 10.1. The van der Waals surface area contributed by atoms with Crippen molar-refractivity contribution in [2.75, 3.05) is 0 Å². The molecule has 0 aliphatic rings. The number of rotatable bonds is 2. The molecule has 1 N–H and O–H groups in total. The zero-order valence-corrected chi connectivity index (χ0v) is 10.4. The largest absolute Gasteiger partial charge is 0.389 e. The van der Waals surface area contributed by atoms with Crippen LogP contribution < -0.4 is 0 Å². The van der Waals surface area contributed by atoms with Crippen LogP contribution in [-0.2, 0) is 0 Å². The molecule has 1 aromatic carbocycles. The van der Waals surface area contributed by atoms with Gasteiger partial charge in [-0.1, -0.05) is 23.7 Å². The monoisotopic (exact) mass is 248 g/mol. The summed E-state index contributed by atoms with van der Waals surface area (Å²) in [6.45, 7) is 3.56. The second kappa shape index (κ2) is 4.82. The SMILES string of the molecule is Cc1nc(-c2cccc(Cl)c2)ncc1[C@H](C)O. The Bertz CT molecular complexity index is 541. The van der Waals surface area contributed by atoms with Crippen molar-refractivity contribution in [3.05, 3.63) is 46.7 Å². The van der Waals surface area contributed by atoms with Gasteiger partial charge in [0.2, 0.25) is 0 Å². The van der Waals surface area contributed by atoms with Gasteiger partial charge in [0.25, 0.3) is 0 Å². The van der Waals surface area contributed by atoms with E-state index in [0.717, 1.165) is 16.8 Å². The lowest BCUT2D eigenvalue weighted by Gasteiger charge is -2.09. The van der Waals surface area contributed by atoms with E-state index in [2.05, 4.69) is 9.97 Å². The van der Waals surface area contributed by atoms with Gasteiger partial charge in [0.1, 0.15) is 0 Å². The quantitative estimate of drug-likeness (QED) is 0.888. The molecule has 0 bridgehead atoms. The average molecular weight is 249 g/mol. The third-order valence-corrected chi connectivity index (χ3v) is 2.79. The molecule has 0 saturated heterocycles. The summed E-state index contributed by atoms with van der Waals surface area (Å²) in [5.41, 5.74) is 2.40. The van der Waals surface area contributed by atoms with E-state index in [1.54, 1.807) is 13.1 Å². The number of aliphatic hydroxyl groups excluding tert-OH is 1. The van der Waals surface area contributed by atoms with Crippen molar-refractivity contribution in [2.45, 2.75) is 20.0 Å². The first-order chi connectivity index (χ1) is 8.08. The lowest BCUT2D eigenvalue weighted by Crippen LogP contribution is -2.01. The van der Waals surface area contributed by atoms with Crippen LogP contribution in [0.5, 0.6) is 0 Å². The number of hydrogen-bond acceptors (Lipinski definition) is 3. The summed E-state index contributed by atoms with van der Waals surface area (Å²) < 4.78 is 0. The number of aryl methyl sites for hydroxylation is 1. The second-order valence-corrected chi connectivity index (χ2v) is 4.36. The van der Waals surface area contributed by atoms with E-state index >= 15 is 0 Å². The van der Waals surface area contributed by atoms with Gasteiger partial charge in [-0.25, -0.2) is 9.97 Å². The minimum Gasteiger partial charge on any atom is -0.389 e. The van der Waals surface area contributed by atoms with Crippen LogP contribution in [-0.4, -0.2) is 15.1 Å². The van der Waals surface area contributed by atoms with Gasteiger partial charge in [-0.2, -0.15) is 0 Å². The van der Waals surface area contributed by atoms with Crippen molar-refractivity contribution >= 4 is 11.6 Å². The first-order valence-electron chi connectivity index (χ1n) is 5.35. The van der Waals surface area contributed by atoms with E-state index in [1.165, 1.54) is 0 Å². The third kappa shape index (κ3) is 2.62. The normalized spacial score (nSPS) is 12.5. The summed E-state index contributed by atoms with van der Waals surface area (Å²) in [5, 5.41) is 10.2. The van der Waals surface area contributed by atoms with E-state index in [0.29, 0.717) is 10.8 Å². The standard InChI is InChI=1S/C13H13ClN2O/c1-8-12(9(2)17)7-15-13(16-8)10-4-3-5-11(14)6-10/h3-7,9,17H,1-2H3/t9-/m0/s1. The van der Waals surface area contributed by atoms with Gasteiger partial charge in [0.05, 0.1) is 6.10 Å². The van der Waals surface area contributed by atoms with Crippen LogP contribution >= 0.6 is 11.6 Å². The number of aromatic nitrogens is 2. The molecule has 4 heteroatoms. The zero-order valence-electron chi connectivity index (χ0n) is 9.68. The Morgan fingerprint density at radius 1 is 1.35 bits per heavy atom. The zero-order chi connectivity index (χ0) is 12.4. The smallest absolute Gasteiger partial charge is 0.159 e. The summed E-state index contributed by atoms with van der Waals surface area (Å²) in [6, 6.07) is 7.39. The van der Waals surface area contributed by atoms with Crippen molar-refractivity contribution in [3.63, 3.8) is 0 Å². The van der Waals surface area contributed by atoms with Gasteiger partial charge in [-0.15, -0.1) is 0 Å². The maximum Gasteiger partial charge on any atom is 0.159 e. The molecule has 0 radical (unpaired) electrons. The topological polar surface area (TPSA) is 46.0 Å². The van der Waals surface area contributed by atoms with E-state index in [-0.39, 0.29) is 0 Å². The Labute approximate surface area is 105 Å². The van der Waals surface area contributed by atoms with Crippen molar-refractivity contribution < 1.29 is 5.11 Å². The Hall–Kier alpha value is -1.45. The molecule has 2 aromatic rings. The predicted octanol–water partition coefficient (Wildman–Crippen LogP) is 3.16. The van der Waals surface area contributed by atoms with Crippen LogP contribution in [0.25, 0.3) is 11.4 Å². The Kier molecular flexibility index (Phi) is 3.41. The molecular formula is C13H13ClN2O. The number of halogens is 1. The Balaban J connectivity index is 2.44. The highest BCUT2D eigenvalue weighted by Gasteiger charge is 2.09. The van der Waals surface area contributed by atoms with Gasteiger partial charge >= 0.3 is 0 Å². The minimum atomic E-state index is -0.552. The van der Waals surface area contributed by atoms with Gasteiger partial charge in [0, 0.05) is 28.0 Å². The van der Waals surface area contributed by atoms with Gasteiger partial charge in [-0.05, 0) is 26.0 Å². The number of benzene rings is 1. The molecule has 0 amide bonds. The molecule has 3 nitrogen and oxygen atoms in total. The van der Waals surface area contributed by atoms with Gasteiger partial charge < -0.3 is 5.11 Å². The number of nitrogens with zero attached hydrogens (tertiary/aromatic N) is 2. The number of aliphatic hydroxyl groups is 1. The van der Waals surface area contributed by atoms with Crippen LogP contribution in [0.15, 0.2) is 30.5 Å². The molecule has 0 spiro atoms. The molecule has 1 heterocycles. The second-order valence-electron chi connectivity index (χ2n) is 3.92. The predicted molar refractivity (Wildman–Crippen MR) is 67.8 cm³/mol. The molecule has 2 rings (SSSR count). The molecule has 17 heavy (non-hydrogen) atoms. The summed E-state index contributed by atoms with van der Waals surface area (Å²) in [6.07, 6.45) is 1.10. The van der Waals surface area contributed by atoms with Crippen LogP contribution in [0.2, 0.25) is 5.02 Å². The van der Waals surface area contributed by atoms with Gasteiger partial charge in [-0.3, -0.25) is 0 Å². The van der Waals surface area contributed by atoms with Crippen LogP contribution in [0.1, 0.15) is 24.3 Å². The lowest BCUT2D eigenvalue weighted by molar-refractivity contribution is 0.197.